The van der Waals surface area contributed by atoms with Crippen LogP contribution in [0.25, 0.3) is 0 Å². The Kier molecular flexibility index (Phi) is 3.98. The van der Waals surface area contributed by atoms with Gasteiger partial charge >= 0.3 is 0 Å². The maximum Gasteiger partial charge on any atom is 0.0340 e. The zero-order chi connectivity index (χ0) is 8.97. The smallest absolute Gasteiger partial charge is 0.0340 e. The van der Waals surface area contributed by atoms with Gasteiger partial charge in [-0.1, -0.05) is 6.92 Å². The maximum absolute atomic E-state index is 5.63. The molecule has 12 heavy (non-hydrogen) atoms. The number of nitrogens with zero attached hydrogens (tertiary/aromatic N) is 1. The van der Waals surface area contributed by atoms with E-state index in [0.717, 1.165) is 5.92 Å². The lowest BCUT2D eigenvalue weighted by Gasteiger charge is -2.35. The van der Waals surface area contributed by atoms with Crippen molar-refractivity contribution in [3.8, 4) is 0 Å². The van der Waals surface area contributed by atoms with E-state index < -0.39 is 0 Å². The van der Waals surface area contributed by atoms with E-state index in [0.29, 0.717) is 19.1 Å². The quantitative estimate of drug-likeness (QED) is 0.628. The molecule has 1 rings (SSSR count). The van der Waals surface area contributed by atoms with Gasteiger partial charge in [0.2, 0.25) is 0 Å². The molecule has 0 aromatic heterocycles. The minimum absolute atomic E-state index is 0.414. The molecule has 3 heteroatoms. The first-order valence-corrected chi connectivity index (χ1v) is 4.92. The molecule has 0 unspecified atom stereocenters. The molecule has 1 heterocycles. The normalized spacial score (nSPS) is 22.0. The van der Waals surface area contributed by atoms with E-state index >= 15 is 0 Å². The van der Waals surface area contributed by atoms with Crippen LogP contribution in [0.1, 0.15) is 19.8 Å². The van der Waals surface area contributed by atoms with Gasteiger partial charge in [0.1, 0.15) is 0 Å². The summed E-state index contributed by atoms with van der Waals surface area (Å²) in [7, 11) is 0. The molecule has 0 bridgehead atoms. The summed E-state index contributed by atoms with van der Waals surface area (Å²) in [4.78, 5) is 2.43. The van der Waals surface area contributed by atoms with Crippen molar-refractivity contribution in [3.05, 3.63) is 0 Å². The van der Waals surface area contributed by atoms with Gasteiger partial charge in [0.15, 0.2) is 0 Å². The molecule has 0 atom stereocenters. The summed E-state index contributed by atoms with van der Waals surface area (Å²) >= 11 is 0. The van der Waals surface area contributed by atoms with Gasteiger partial charge in [-0.3, -0.25) is 4.90 Å². The minimum atomic E-state index is 0.414. The van der Waals surface area contributed by atoms with E-state index in [1.54, 1.807) is 0 Å². The molecule has 0 aromatic rings. The Hall–Kier alpha value is -0.120. The largest absolute Gasteiger partial charge is 0.329 e. The lowest BCUT2D eigenvalue weighted by Crippen LogP contribution is -2.48. The third-order valence-electron chi connectivity index (χ3n) is 2.88. The van der Waals surface area contributed by atoms with Crippen molar-refractivity contribution in [1.29, 1.82) is 0 Å². The summed E-state index contributed by atoms with van der Waals surface area (Å²) in [6, 6.07) is 0.414. The van der Waals surface area contributed by atoms with Crippen LogP contribution in [0.3, 0.4) is 0 Å². The zero-order valence-electron chi connectivity index (χ0n) is 8.00. The second-order valence-corrected chi connectivity index (χ2v) is 3.84. The third-order valence-corrected chi connectivity index (χ3v) is 2.88. The van der Waals surface area contributed by atoms with Crippen molar-refractivity contribution in [2.45, 2.75) is 25.8 Å². The number of piperidine rings is 1. The number of likely N-dealkylation sites (tertiary alicyclic amines) is 1. The third kappa shape index (κ3) is 2.44. The van der Waals surface area contributed by atoms with Crippen LogP contribution in [0.2, 0.25) is 0 Å². The summed E-state index contributed by atoms with van der Waals surface area (Å²) in [5.74, 6) is 0.887. The average Bonchev–Trinajstić information content (AvgIpc) is 2.10. The molecule has 72 valence electrons. The monoisotopic (exact) mass is 171 g/mol. The van der Waals surface area contributed by atoms with Crippen LogP contribution in [-0.2, 0) is 0 Å². The lowest BCUT2D eigenvalue weighted by atomic mass is 9.98. The van der Waals surface area contributed by atoms with Crippen LogP contribution in [0.5, 0.6) is 0 Å². The van der Waals surface area contributed by atoms with Crippen molar-refractivity contribution < 1.29 is 0 Å². The van der Waals surface area contributed by atoms with Gasteiger partial charge in [0, 0.05) is 19.1 Å². The second-order valence-electron chi connectivity index (χ2n) is 3.84. The Morgan fingerprint density at radius 2 is 1.75 bits per heavy atom. The van der Waals surface area contributed by atoms with E-state index in [-0.39, 0.29) is 0 Å². The van der Waals surface area contributed by atoms with Crippen LogP contribution in [0.15, 0.2) is 0 Å². The predicted octanol–water partition coefficient (Wildman–Crippen LogP) is 0.00430. The van der Waals surface area contributed by atoms with E-state index in [1.165, 1.54) is 25.9 Å². The van der Waals surface area contributed by atoms with Crippen LogP contribution >= 0.6 is 0 Å². The molecule has 0 aliphatic carbocycles. The first-order chi connectivity index (χ1) is 5.77. The van der Waals surface area contributed by atoms with Gasteiger partial charge in [-0.25, -0.2) is 0 Å². The Balaban J connectivity index is 2.32. The number of nitrogens with two attached hydrogens (primary N) is 2. The average molecular weight is 171 g/mol. The van der Waals surface area contributed by atoms with Crippen LogP contribution in [-0.4, -0.2) is 37.1 Å². The molecule has 3 nitrogen and oxygen atoms in total. The van der Waals surface area contributed by atoms with Crippen LogP contribution < -0.4 is 11.5 Å². The molecule has 0 aromatic carbocycles. The van der Waals surface area contributed by atoms with Crippen molar-refractivity contribution in [2.75, 3.05) is 26.2 Å². The molecule has 1 aliphatic rings. The van der Waals surface area contributed by atoms with Crippen molar-refractivity contribution >= 4 is 0 Å². The summed E-state index contributed by atoms with van der Waals surface area (Å²) < 4.78 is 0. The maximum atomic E-state index is 5.63. The predicted molar refractivity (Wildman–Crippen MR) is 51.9 cm³/mol. The SMILES string of the molecule is CC1CCN(C(CN)CN)CC1. The Morgan fingerprint density at radius 3 is 2.17 bits per heavy atom. The number of hydrogen-bond donors (Lipinski definition) is 2. The zero-order valence-corrected chi connectivity index (χ0v) is 8.00. The number of rotatable bonds is 3. The number of hydrogen-bond acceptors (Lipinski definition) is 3. The van der Waals surface area contributed by atoms with E-state index in [1.807, 2.05) is 0 Å². The standard InChI is InChI=1S/C9H21N3/c1-8-2-4-12(5-3-8)9(6-10)7-11/h8-9H,2-7,10-11H2,1H3. The van der Waals surface area contributed by atoms with Crippen molar-refractivity contribution in [1.82, 2.24) is 4.90 Å². The lowest BCUT2D eigenvalue weighted by molar-refractivity contribution is 0.144. The summed E-state index contributed by atoms with van der Waals surface area (Å²) in [6.07, 6.45) is 2.60. The van der Waals surface area contributed by atoms with Gasteiger partial charge in [-0.15, -0.1) is 0 Å². The van der Waals surface area contributed by atoms with E-state index in [4.69, 9.17) is 11.5 Å². The highest BCUT2D eigenvalue weighted by Crippen LogP contribution is 2.17. The Morgan fingerprint density at radius 1 is 1.25 bits per heavy atom. The van der Waals surface area contributed by atoms with Crippen molar-refractivity contribution in [3.63, 3.8) is 0 Å². The molecular weight excluding hydrogens is 150 g/mol. The fourth-order valence-electron chi connectivity index (χ4n) is 1.79. The molecule has 1 fully saturated rings. The Labute approximate surface area is 75.1 Å². The first-order valence-electron chi connectivity index (χ1n) is 4.92. The van der Waals surface area contributed by atoms with Crippen molar-refractivity contribution in [2.24, 2.45) is 17.4 Å². The van der Waals surface area contributed by atoms with Gasteiger partial charge in [-0.2, -0.15) is 0 Å². The highest BCUT2D eigenvalue weighted by molar-refractivity contribution is 4.78. The van der Waals surface area contributed by atoms with E-state index in [9.17, 15) is 0 Å². The highest BCUT2D eigenvalue weighted by Gasteiger charge is 2.20. The molecule has 0 radical (unpaired) electrons. The van der Waals surface area contributed by atoms with E-state index in [2.05, 4.69) is 11.8 Å². The van der Waals surface area contributed by atoms with Crippen LogP contribution in [0, 0.1) is 5.92 Å². The fraction of sp³-hybridized carbons (Fsp3) is 1.00. The molecule has 1 saturated heterocycles. The molecule has 4 N–H and O–H groups in total. The highest BCUT2D eigenvalue weighted by atomic mass is 15.2. The van der Waals surface area contributed by atoms with Gasteiger partial charge in [0.05, 0.1) is 0 Å². The molecule has 0 saturated carbocycles. The molecule has 0 spiro atoms. The van der Waals surface area contributed by atoms with Gasteiger partial charge in [-0.05, 0) is 31.8 Å². The topological polar surface area (TPSA) is 55.3 Å². The second kappa shape index (κ2) is 4.80. The molecule has 1 aliphatic heterocycles. The molecular formula is C9H21N3. The minimum Gasteiger partial charge on any atom is -0.329 e. The molecule has 0 amide bonds. The summed E-state index contributed by atoms with van der Waals surface area (Å²) in [5, 5.41) is 0. The fourth-order valence-corrected chi connectivity index (χ4v) is 1.79. The Bertz CT molecular complexity index is 115. The summed E-state index contributed by atoms with van der Waals surface area (Å²) in [6.45, 7) is 6.08. The van der Waals surface area contributed by atoms with Crippen LogP contribution in [0.4, 0.5) is 0 Å². The first kappa shape index (κ1) is 9.96. The summed E-state index contributed by atoms with van der Waals surface area (Å²) in [5.41, 5.74) is 11.3. The van der Waals surface area contributed by atoms with Gasteiger partial charge < -0.3 is 11.5 Å². The van der Waals surface area contributed by atoms with Gasteiger partial charge in [0.25, 0.3) is 0 Å².